The number of likely N-dealkylation sites (tertiary alicyclic amines) is 2. The number of rotatable bonds is 5. The zero-order valence-electron chi connectivity index (χ0n) is 24.9. The highest BCUT2D eigenvalue weighted by Gasteiger charge is 2.48. The second-order valence-electron chi connectivity index (χ2n) is 12.9. The molecule has 2 aromatic rings. The van der Waals surface area contributed by atoms with Crippen LogP contribution < -0.4 is 14.4 Å². The summed E-state index contributed by atoms with van der Waals surface area (Å²) in [6.07, 6.45) is -0.592. The molecule has 4 heterocycles. The van der Waals surface area contributed by atoms with E-state index in [2.05, 4.69) is 60.4 Å². The molecule has 0 saturated carbocycles. The Hall–Kier alpha value is -1.81. The Morgan fingerprint density at radius 1 is 1.12 bits per heavy atom. The fourth-order valence-electron chi connectivity index (χ4n) is 5.93. The van der Waals surface area contributed by atoms with Gasteiger partial charge >= 0.3 is 18.3 Å². The smallest absolute Gasteiger partial charge is 0.422 e. The number of aromatic nitrogens is 2. The maximum atomic E-state index is 13.2. The van der Waals surface area contributed by atoms with Crippen molar-refractivity contribution < 1.29 is 32.2 Å². The Balaban J connectivity index is 1.42. The largest absolute Gasteiger partial charge is 0.481 e. The number of fused-ring (bicyclic) bond motifs is 1. The van der Waals surface area contributed by atoms with Crippen molar-refractivity contribution in [2.24, 2.45) is 5.41 Å². The molecule has 0 bridgehead atoms. The number of nitrogens with zero attached hydrogens (tertiary/aromatic N) is 5. The first kappa shape index (κ1) is 32.6. The van der Waals surface area contributed by atoms with Gasteiger partial charge in [0, 0.05) is 47.1 Å². The molecule has 1 spiro atoms. The normalized spacial score (nSPS) is 21.5. The zero-order chi connectivity index (χ0) is 31.2. The highest BCUT2D eigenvalue weighted by atomic mass is 127. The molecule has 0 radical (unpaired) electrons. The molecule has 0 N–H and O–H groups in total. The van der Waals surface area contributed by atoms with E-state index in [1.807, 2.05) is 26.8 Å². The van der Waals surface area contributed by atoms with E-state index in [1.54, 1.807) is 4.90 Å². The molecule has 3 aliphatic rings. The van der Waals surface area contributed by atoms with Gasteiger partial charge in [0.1, 0.15) is 23.0 Å². The standard InChI is InChI=1S/C29H38BrF3IN5O4/c1-27(2,3)43-26(40)39-15-28(16-39)8-12-38(13-9-28)24-19-14-20(34)21(30)23(41-17-29(31,32)33)22(19)35-25(36-24)42-18-6-5-10-37(4)11-7-18/h14,18H,5-13,15-17H2,1-4H3. The van der Waals surface area contributed by atoms with Crippen LogP contribution in [0.5, 0.6) is 11.8 Å². The van der Waals surface area contributed by atoms with E-state index in [0.717, 1.165) is 45.2 Å². The van der Waals surface area contributed by atoms with Gasteiger partial charge in [0.15, 0.2) is 12.4 Å². The van der Waals surface area contributed by atoms with Crippen molar-refractivity contribution in [2.75, 3.05) is 57.8 Å². The van der Waals surface area contributed by atoms with Crippen LogP contribution in [0.4, 0.5) is 23.8 Å². The average molecular weight is 784 g/mol. The quantitative estimate of drug-likeness (QED) is 0.313. The number of carbonyl (C=O) groups is 1. The lowest BCUT2D eigenvalue weighted by Crippen LogP contribution is -2.62. The molecule has 1 aromatic heterocycles. The van der Waals surface area contributed by atoms with Crippen LogP contribution in [0.1, 0.15) is 52.9 Å². The molecular formula is C29H38BrF3IN5O4. The van der Waals surface area contributed by atoms with Gasteiger partial charge in [-0.05, 0) is 111 Å². The van der Waals surface area contributed by atoms with E-state index >= 15 is 0 Å². The number of halogens is 5. The highest BCUT2D eigenvalue weighted by Crippen LogP contribution is 2.45. The molecule has 3 saturated heterocycles. The van der Waals surface area contributed by atoms with Crippen LogP contribution in [0.2, 0.25) is 0 Å². The molecule has 5 rings (SSSR count). The Morgan fingerprint density at radius 3 is 2.47 bits per heavy atom. The molecule has 14 heteroatoms. The van der Waals surface area contributed by atoms with Gasteiger partial charge in [-0.25, -0.2) is 4.79 Å². The van der Waals surface area contributed by atoms with E-state index in [9.17, 15) is 18.0 Å². The number of hydrogen-bond acceptors (Lipinski definition) is 8. The van der Waals surface area contributed by atoms with Gasteiger partial charge in [-0.2, -0.15) is 23.1 Å². The van der Waals surface area contributed by atoms with Gasteiger partial charge in [0.25, 0.3) is 0 Å². The second-order valence-corrected chi connectivity index (χ2v) is 14.9. The van der Waals surface area contributed by atoms with E-state index in [1.165, 1.54) is 0 Å². The summed E-state index contributed by atoms with van der Waals surface area (Å²) in [6, 6.07) is 2.01. The third kappa shape index (κ3) is 7.89. The number of benzene rings is 1. The molecule has 238 valence electrons. The molecular weight excluding hydrogens is 746 g/mol. The molecule has 0 aliphatic carbocycles. The van der Waals surface area contributed by atoms with Gasteiger partial charge < -0.3 is 28.9 Å². The lowest BCUT2D eigenvalue weighted by Gasteiger charge is -2.53. The maximum Gasteiger partial charge on any atom is 0.422 e. The fraction of sp³-hybridized carbons (Fsp3) is 0.690. The molecule has 9 nitrogen and oxygen atoms in total. The molecule has 1 amide bonds. The summed E-state index contributed by atoms with van der Waals surface area (Å²) < 4.78 is 58.0. The lowest BCUT2D eigenvalue weighted by atomic mass is 9.72. The van der Waals surface area contributed by atoms with Gasteiger partial charge in [-0.3, -0.25) is 0 Å². The minimum Gasteiger partial charge on any atom is -0.481 e. The summed E-state index contributed by atoms with van der Waals surface area (Å²) in [6.45, 7) is 8.63. The van der Waals surface area contributed by atoms with Crippen molar-refractivity contribution in [3.63, 3.8) is 0 Å². The minimum absolute atomic E-state index is 0.0143. The third-order valence-electron chi connectivity index (χ3n) is 8.18. The van der Waals surface area contributed by atoms with Crippen LogP contribution in [-0.2, 0) is 4.74 Å². The molecule has 3 aliphatic heterocycles. The Bertz CT molecular complexity index is 1340. The van der Waals surface area contributed by atoms with Gasteiger partial charge in [-0.15, -0.1) is 0 Å². The van der Waals surface area contributed by atoms with Gasteiger partial charge in [0.05, 0.1) is 4.47 Å². The van der Waals surface area contributed by atoms with Crippen molar-refractivity contribution >= 4 is 61.3 Å². The van der Waals surface area contributed by atoms with Gasteiger partial charge in [-0.1, -0.05) is 0 Å². The fourth-order valence-corrected chi connectivity index (χ4v) is 6.90. The lowest BCUT2D eigenvalue weighted by molar-refractivity contribution is -0.153. The molecule has 1 aromatic carbocycles. The minimum atomic E-state index is -4.51. The van der Waals surface area contributed by atoms with Gasteiger partial charge in [0.2, 0.25) is 0 Å². The Kier molecular flexibility index (Phi) is 9.49. The molecule has 3 fully saturated rings. The van der Waals surface area contributed by atoms with Crippen molar-refractivity contribution in [1.82, 2.24) is 19.8 Å². The molecule has 1 unspecified atom stereocenters. The first-order valence-corrected chi connectivity index (χ1v) is 16.5. The topological polar surface area (TPSA) is 80.3 Å². The highest BCUT2D eigenvalue weighted by molar-refractivity contribution is 14.1. The zero-order valence-corrected chi connectivity index (χ0v) is 28.6. The number of amides is 1. The number of piperidine rings is 1. The predicted octanol–water partition coefficient (Wildman–Crippen LogP) is 6.64. The van der Waals surface area contributed by atoms with Crippen LogP contribution in [0.3, 0.4) is 0 Å². The van der Waals surface area contributed by atoms with E-state index in [-0.39, 0.29) is 34.9 Å². The summed E-state index contributed by atoms with van der Waals surface area (Å²) in [5.41, 5.74) is -0.249. The van der Waals surface area contributed by atoms with E-state index in [4.69, 9.17) is 19.2 Å². The number of anilines is 1. The van der Waals surface area contributed by atoms with Crippen LogP contribution >= 0.6 is 38.5 Å². The molecule has 1 atom stereocenters. The summed E-state index contributed by atoms with van der Waals surface area (Å²) in [5, 5.41) is 0.609. The van der Waals surface area contributed by atoms with Crippen molar-refractivity contribution in [3.05, 3.63) is 14.1 Å². The second kappa shape index (κ2) is 12.5. The summed E-state index contributed by atoms with van der Waals surface area (Å²) >= 11 is 5.51. The Labute approximate surface area is 272 Å². The average Bonchev–Trinajstić information content (AvgIpc) is 3.09. The number of hydrogen-bond donors (Lipinski definition) is 0. The van der Waals surface area contributed by atoms with Crippen LogP contribution in [-0.4, -0.2) is 96.7 Å². The number of alkyl halides is 3. The first-order valence-electron chi connectivity index (χ1n) is 14.6. The number of carbonyl (C=O) groups excluding carboxylic acids is 1. The van der Waals surface area contributed by atoms with Crippen LogP contribution in [0.15, 0.2) is 10.5 Å². The van der Waals surface area contributed by atoms with Crippen molar-refractivity contribution in [1.29, 1.82) is 0 Å². The Morgan fingerprint density at radius 2 is 1.81 bits per heavy atom. The predicted molar refractivity (Wildman–Crippen MR) is 169 cm³/mol. The van der Waals surface area contributed by atoms with E-state index in [0.29, 0.717) is 45.4 Å². The van der Waals surface area contributed by atoms with Crippen molar-refractivity contribution in [3.8, 4) is 11.8 Å². The first-order chi connectivity index (χ1) is 20.1. The summed E-state index contributed by atoms with van der Waals surface area (Å²) in [7, 11) is 2.08. The number of ether oxygens (including phenoxy) is 3. The van der Waals surface area contributed by atoms with Crippen LogP contribution in [0, 0.1) is 8.99 Å². The summed E-state index contributed by atoms with van der Waals surface area (Å²) in [5.74, 6) is 0.639. The van der Waals surface area contributed by atoms with Crippen LogP contribution in [0.25, 0.3) is 10.9 Å². The third-order valence-corrected chi connectivity index (χ3v) is 10.6. The molecule has 43 heavy (non-hydrogen) atoms. The van der Waals surface area contributed by atoms with Crippen molar-refractivity contribution in [2.45, 2.75) is 70.8 Å². The maximum absolute atomic E-state index is 13.2. The van der Waals surface area contributed by atoms with E-state index < -0.39 is 18.4 Å². The SMILES string of the molecule is CN1CCCC(Oc2nc(N3CCC4(CC3)CN(C(=O)OC(C)(C)C)C4)c3cc(I)c(Br)c(OCC(F)(F)F)c3n2)CC1. The summed E-state index contributed by atoms with van der Waals surface area (Å²) in [4.78, 5) is 28.2. The monoisotopic (exact) mass is 783 g/mol.